The molecule has 0 radical (unpaired) electrons. The first-order valence-electron chi connectivity index (χ1n) is 3.61. The Morgan fingerprint density at radius 2 is 2.23 bits per heavy atom. The van der Waals surface area contributed by atoms with Gasteiger partial charge in [0.15, 0.2) is 0 Å². The molecule has 1 N–H and O–H groups in total. The molecule has 1 atom stereocenters. The van der Waals surface area contributed by atoms with Crippen LogP contribution < -0.4 is 0 Å². The summed E-state index contributed by atoms with van der Waals surface area (Å²) in [5, 5.41) is 8.29. The molecule has 0 unspecified atom stereocenters. The molecular formula is C7H7NO5. The van der Waals surface area contributed by atoms with Crippen LogP contribution in [0.25, 0.3) is 0 Å². The predicted octanol–water partition coefficient (Wildman–Crippen LogP) is -1.21. The van der Waals surface area contributed by atoms with E-state index in [2.05, 4.69) is 0 Å². The first kappa shape index (κ1) is 9.37. The zero-order chi connectivity index (χ0) is 10.0. The van der Waals surface area contributed by atoms with Gasteiger partial charge in [0, 0.05) is 12.8 Å². The molecular weight excluding hydrogens is 178 g/mol. The molecule has 1 aliphatic heterocycles. The van der Waals surface area contributed by atoms with Crippen molar-refractivity contribution in [3.8, 4) is 0 Å². The number of β-lactam (4-membered cyclic amide) rings is 1. The number of aliphatic carboxylic acids is 1. The lowest BCUT2D eigenvalue weighted by Crippen LogP contribution is -2.57. The van der Waals surface area contributed by atoms with Crippen LogP contribution in [-0.2, 0) is 19.2 Å². The van der Waals surface area contributed by atoms with Gasteiger partial charge in [0.2, 0.25) is 5.91 Å². The molecule has 1 fully saturated rings. The van der Waals surface area contributed by atoms with Gasteiger partial charge in [-0.15, -0.1) is 0 Å². The number of aldehydes is 1. The third-order valence-corrected chi connectivity index (χ3v) is 1.81. The molecule has 0 aromatic carbocycles. The Morgan fingerprint density at radius 1 is 1.62 bits per heavy atom. The number of carboxylic acid groups (broad SMARTS) is 1. The van der Waals surface area contributed by atoms with Gasteiger partial charge in [-0.3, -0.25) is 14.5 Å². The number of carbonyl (C=O) groups excluding carboxylic acids is 3. The van der Waals surface area contributed by atoms with Gasteiger partial charge in [0.25, 0.3) is 0 Å². The molecule has 1 saturated heterocycles. The van der Waals surface area contributed by atoms with Crippen molar-refractivity contribution in [3.63, 3.8) is 0 Å². The van der Waals surface area contributed by atoms with E-state index in [-0.39, 0.29) is 12.8 Å². The zero-order valence-electron chi connectivity index (χ0n) is 6.60. The van der Waals surface area contributed by atoms with Gasteiger partial charge in [-0.25, -0.2) is 4.79 Å². The SMILES string of the molecule is O=CC[C@@H]1CC(=O)N1C(=O)C(=O)O. The smallest absolute Gasteiger partial charge is 0.395 e. The van der Waals surface area contributed by atoms with Crippen molar-refractivity contribution < 1.29 is 24.3 Å². The fraction of sp³-hybridized carbons (Fsp3) is 0.429. The highest BCUT2D eigenvalue weighted by Crippen LogP contribution is 2.21. The summed E-state index contributed by atoms with van der Waals surface area (Å²) in [5.41, 5.74) is 0. The van der Waals surface area contributed by atoms with Crippen molar-refractivity contribution in [3.05, 3.63) is 0 Å². The quantitative estimate of drug-likeness (QED) is 0.331. The molecule has 0 aromatic heterocycles. The number of nitrogens with zero attached hydrogens (tertiary/aromatic N) is 1. The number of rotatable bonds is 2. The van der Waals surface area contributed by atoms with Crippen LogP contribution in [0.4, 0.5) is 0 Å². The predicted molar refractivity (Wildman–Crippen MR) is 38.6 cm³/mol. The number of hydrogen-bond acceptors (Lipinski definition) is 4. The van der Waals surface area contributed by atoms with Crippen molar-refractivity contribution in [2.24, 2.45) is 0 Å². The van der Waals surface area contributed by atoms with Crippen LogP contribution in [-0.4, -0.2) is 40.1 Å². The lowest BCUT2D eigenvalue weighted by atomic mass is 9.99. The standard InChI is InChI=1S/C7H7NO5/c9-2-1-4-3-5(10)8(4)6(11)7(12)13/h2,4H,1,3H2,(H,12,13)/t4-/m1/s1. The summed E-state index contributed by atoms with van der Waals surface area (Å²) in [6, 6.07) is -0.561. The summed E-state index contributed by atoms with van der Waals surface area (Å²) in [6.45, 7) is 0. The zero-order valence-corrected chi connectivity index (χ0v) is 6.60. The molecule has 70 valence electrons. The lowest BCUT2D eigenvalue weighted by molar-refractivity contribution is -0.168. The highest BCUT2D eigenvalue weighted by atomic mass is 16.4. The van der Waals surface area contributed by atoms with Gasteiger partial charge in [-0.2, -0.15) is 0 Å². The Labute approximate surface area is 73.1 Å². The topological polar surface area (TPSA) is 91.8 Å². The van der Waals surface area contributed by atoms with E-state index in [0.717, 1.165) is 0 Å². The number of likely N-dealkylation sites (tertiary alicyclic amines) is 1. The van der Waals surface area contributed by atoms with Crippen molar-refractivity contribution in [1.82, 2.24) is 4.90 Å². The average Bonchev–Trinajstić information content (AvgIpc) is 2.03. The Morgan fingerprint density at radius 3 is 2.62 bits per heavy atom. The third-order valence-electron chi connectivity index (χ3n) is 1.81. The molecule has 6 nitrogen and oxygen atoms in total. The summed E-state index contributed by atoms with van der Waals surface area (Å²) in [5.74, 6) is -3.48. The van der Waals surface area contributed by atoms with E-state index in [4.69, 9.17) is 5.11 Å². The summed E-state index contributed by atoms with van der Waals surface area (Å²) in [7, 11) is 0. The van der Waals surface area contributed by atoms with Crippen LogP contribution >= 0.6 is 0 Å². The van der Waals surface area contributed by atoms with E-state index in [0.29, 0.717) is 11.2 Å². The van der Waals surface area contributed by atoms with Gasteiger partial charge in [-0.05, 0) is 0 Å². The Balaban J connectivity index is 2.66. The summed E-state index contributed by atoms with van der Waals surface area (Å²) >= 11 is 0. The molecule has 0 saturated carbocycles. The number of hydrogen-bond donors (Lipinski definition) is 1. The second-order valence-electron chi connectivity index (χ2n) is 2.63. The van der Waals surface area contributed by atoms with Crippen molar-refractivity contribution >= 4 is 24.1 Å². The lowest BCUT2D eigenvalue weighted by Gasteiger charge is -2.36. The Kier molecular flexibility index (Phi) is 2.41. The van der Waals surface area contributed by atoms with Crippen molar-refractivity contribution in [1.29, 1.82) is 0 Å². The molecule has 1 rings (SSSR count). The molecule has 0 bridgehead atoms. The van der Waals surface area contributed by atoms with E-state index < -0.39 is 23.8 Å². The third kappa shape index (κ3) is 1.56. The first-order valence-corrected chi connectivity index (χ1v) is 3.61. The monoisotopic (exact) mass is 185 g/mol. The minimum Gasteiger partial charge on any atom is -0.474 e. The highest BCUT2D eigenvalue weighted by Gasteiger charge is 2.42. The van der Waals surface area contributed by atoms with Gasteiger partial charge < -0.3 is 9.90 Å². The average molecular weight is 185 g/mol. The van der Waals surface area contributed by atoms with Gasteiger partial charge in [-0.1, -0.05) is 0 Å². The normalized spacial score (nSPS) is 20.8. The molecule has 1 heterocycles. The maximum Gasteiger partial charge on any atom is 0.395 e. The van der Waals surface area contributed by atoms with Gasteiger partial charge >= 0.3 is 11.9 Å². The van der Waals surface area contributed by atoms with Crippen LogP contribution in [0.3, 0.4) is 0 Å². The largest absolute Gasteiger partial charge is 0.474 e. The van der Waals surface area contributed by atoms with E-state index in [9.17, 15) is 19.2 Å². The fourth-order valence-electron chi connectivity index (χ4n) is 1.16. The molecule has 0 spiro atoms. The Hall–Kier alpha value is -1.72. The minimum absolute atomic E-state index is 0.00472. The molecule has 0 aromatic rings. The van der Waals surface area contributed by atoms with Gasteiger partial charge in [0.05, 0.1) is 6.04 Å². The van der Waals surface area contributed by atoms with Crippen LogP contribution in [0.2, 0.25) is 0 Å². The van der Waals surface area contributed by atoms with E-state index in [1.807, 2.05) is 0 Å². The summed E-state index contributed by atoms with van der Waals surface area (Å²) in [6.07, 6.45) is 0.627. The number of carbonyl (C=O) groups is 4. The molecule has 1 aliphatic rings. The molecule has 13 heavy (non-hydrogen) atoms. The number of carboxylic acids is 1. The van der Waals surface area contributed by atoms with E-state index >= 15 is 0 Å². The highest BCUT2D eigenvalue weighted by molar-refractivity contribution is 6.35. The van der Waals surface area contributed by atoms with Crippen LogP contribution in [0.15, 0.2) is 0 Å². The van der Waals surface area contributed by atoms with Crippen molar-refractivity contribution in [2.75, 3.05) is 0 Å². The second-order valence-corrected chi connectivity index (χ2v) is 2.63. The second kappa shape index (κ2) is 3.34. The molecule has 2 amide bonds. The number of imide groups is 1. The Bertz CT molecular complexity index is 283. The molecule has 6 heteroatoms. The van der Waals surface area contributed by atoms with E-state index in [1.54, 1.807) is 0 Å². The van der Waals surface area contributed by atoms with Crippen LogP contribution in [0, 0.1) is 0 Å². The summed E-state index contributed by atoms with van der Waals surface area (Å²) < 4.78 is 0. The maximum atomic E-state index is 10.8. The molecule has 0 aliphatic carbocycles. The fourth-order valence-corrected chi connectivity index (χ4v) is 1.16. The van der Waals surface area contributed by atoms with Crippen LogP contribution in [0.1, 0.15) is 12.8 Å². The first-order chi connectivity index (χ1) is 6.07. The summed E-state index contributed by atoms with van der Waals surface area (Å²) in [4.78, 5) is 42.5. The minimum atomic E-state index is -1.68. The number of amides is 2. The maximum absolute atomic E-state index is 10.8. The van der Waals surface area contributed by atoms with Crippen LogP contribution in [0.5, 0.6) is 0 Å². The van der Waals surface area contributed by atoms with Crippen molar-refractivity contribution in [2.45, 2.75) is 18.9 Å². The van der Waals surface area contributed by atoms with Gasteiger partial charge in [0.1, 0.15) is 6.29 Å². The van der Waals surface area contributed by atoms with E-state index in [1.165, 1.54) is 0 Å².